The Morgan fingerprint density at radius 1 is 1.20 bits per heavy atom. The molecule has 0 saturated heterocycles. The zero-order valence-corrected chi connectivity index (χ0v) is 13.0. The van der Waals surface area contributed by atoms with E-state index in [0.29, 0.717) is 15.8 Å². The van der Waals surface area contributed by atoms with E-state index in [2.05, 4.69) is 27.8 Å². The van der Waals surface area contributed by atoms with Crippen LogP contribution in [0.2, 0.25) is 0 Å². The second-order valence-electron chi connectivity index (χ2n) is 4.67. The first kappa shape index (κ1) is 14.9. The Morgan fingerprint density at radius 2 is 1.90 bits per heavy atom. The average molecular weight is 337 g/mol. The summed E-state index contributed by atoms with van der Waals surface area (Å²) in [5.41, 5.74) is 8.37. The zero-order chi connectivity index (χ0) is 14.5. The van der Waals surface area contributed by atoms with Crippen molar-refractivity contribution in [1.82, 2.24) is 0 Å². The Bertz CT molecular complexity index is 572. The minimum Gasteiger partial charge on any atom is -0.397 e. The van der Waals surface area contributed by atoms with Crippen molar-refractivity contribution in [2.75, 3.05) is 17.2 Å². The topological polar surface area (TPSA) is 29.3 Å². The molecule has 4 heteroatoms. The van der Waals surface area contributed by atoms with Crippen LogP contribution >= 0.6 is 15.9 Å². The van der Waals surface area contributed by atoms with Crippen LogP contribution in [-0.4, -0.2) is 6.54 Å². The molecule has 0 aliphatic heterocycles. The van der Waals surface area contributed by atoms with Crippen LogP contribution in [0.4, 0.5) is 21.5 Å². The fourth-order valence-corrected chi connectivity index (χ4v) is 2.46. The van der Waals surface area contributed by atoms with Crippen LogP contribution in [0, 0.1) is 5.82 Å². The second-order valence-corrected chi connectivity index (χ2v) is 5.52. The molecule has 0 saturated carbocycles. The van der Waals surface area contributed by atoms with Gasteiger partial charge in [-0.2, -0.15) is 0 Å². The highest BCUT2D eigenvalue weighted by atomic mass is 79.9. The summed E-state index contributed by atoms with van der Waals surface area (Å²) in [7, 11) is 0. The van der Waals surface area contributed by atoms with Gasteiger partial charge in [-0.05, 0) is 40.5 Å². The summed E-state index contributed by atoms with van der Waals surface area (Å²) >= 11 is 3.16. The minimum atomic E-state index is -0.299. The third kappa shape index (κ3) is 3.31. The maximum atomic E-state index is 13.8. The molecule has 20 heavy (non-hydrogen) atoms. The number of halogens is 2. The average Bonchev–Trinajstić information content (AvgIpc) is 2.45. The monoisotopic (exact) mass is 336 g/mol. The second kappa shape index (κ2) is 6.75. The molecule has 2 aromatic carbocycles. The Balaban J connectivity index is 2.44. The number of rotatable bonds is 5. The molecular formula is C16H18BrFN2. The molecule has 0 aliphatic carbocycles. The van der Waals surface area contributed by atoms with Gasteiger partial charge in [-0.25, -0.2) is 4.39 Å². The summed E-state index contributed by atoms with van der Waals surface area (Å²) in [6, 6.07) is 13.0. The third-order valence-electron chi connectivity index (χ3n) is 3.16. The van der Waals surface area contributed by atoms with Gasteiger partial charge in [0, 0.05) is 18.3 Å². The highest BCUT2D eigenvalue weighted by molar-refractivity contribution is 9.10. The van der Waals surface area contributed by atoms with Gasteiger partial charge in [-0.1, -0.05) is 31.5 Å². The number of hydrogen-bond donors (Lipinski definition) is 1. The van der Waals surface area contributed by atoms with Crippen LogP contribution < -0.4 is 10.6 Å². The van der Waals surface area contributed by atoms with Crippen LogP contribution in [0.15, 0.2) is 46.9 Å². The van der Waals surface area contributed by atoms with Crippen molar-refractivity contribution >= 4 is 33.0 Å². The Morgan fingerprint density at radius 3 is 2.55 bits per heavy atom. The summed E-state index contributed by atoms with van der Waals surface area (Å²) in [4.78, 5) is 2.06. The van der Waals surface area contributed by atoms with Crippen molar-refractivity contribution in [3.05, 3.63) is 52.8 Å². The molecule has 0 radical (unpaired) electrons. The quantitative estimate of drug-likeness (QED) is 0.769. The maximum Gasteiger partial charge on any atom is 0.139 e. The van der Waals surface area contributed by atoms with Gasteiger partial charge in [-0.15, -0.1) is 0 Å². The molecule has 2 aromatic rings. The van der Waals surface area contributed by atoms with Gasteiger partial charge in [0.2, 0.25) is 0 Å². The molecule has 0 bridgehead atoms. The van der Waals surface area contributed by atoms with Gasteiger partial charge < -0.3 is 10.6 Å². The molecule has 0 aromatic heterocycles. The number of anilines is 3. The molecule has 0 spiro atoms. The highest BCUT2D eigenvalue weighted by Gasteiger charge is 2.14. The Kier molecular flexibility index (Phi) is 5.01. The summed E-state index contributed by atoms with van der Waals surface area (Å²) in [6.45, 7) is 2.94. The van der Waals surface area contributed by atoms with E-state index in [4.69, 9.17) is 5.73 Å². The number of benzene rings is 2. The van der Waals surface area contributed by atoms with Gasteiger partial charge in [0.25, 0.3) is 0 Å². The Hall–Kier alpha value is -1.55. The first-order valence-electron chi connectivity index (χ1n) is 6.70. The SMILES string of the molecule is CCCCN(c1ccccc1)c1cc(F)c(Br)cc1N. The molecule has 0 fully saturated rings. The number of unbranched alkanes of at least 4 members (excludes halogenated alkanes) is 1. The number of nitrogens with zero attached hydrogens (tertiary/aromatic N) is 1. The molecule has 2 rings (SSSR count). The van der Waals surface area contributed by atoms with E-state index in [-0.39, 0.29) is 5.82 Å². The smallest absolute Gasteiger partial charge is 0.139 e. The van der Waals surface area contributed by atoms with E-state index in [1.165, 1.54) is 6.07 Å². The lowest BCUT2D eigenvalue weighted by Crippen LogP contribution is -2.19. The largest absolute Gasteiger partial charge is 0.397 e. The normalized spacial score (nSPS) is 10.6. The number of hydrogen-bond acceptors (Lipinski definition) is 2. The molecule has 2 N–H and O–H groups in total. The van der Waals surface area contributed by atoms with E-state index in [0.717, 1.165) is 25.1 Å². The fraction of sp³-hybridized carbons (Fsp3) is 0.250. The van der Waals surface area contributed by atoms with Crippen molar-refractivity contribution in [3.63, 3.8) is 0 Å². The number of nitrogens with two attached hydrogens (primary N) is 1. The van der Waals surface area contributed by atoms with Gasteiger partial charge in [-0.3, -0.25) is 0 Å². The molecule has 0 amide bonds. The van der Waals surface area contributed by atoms with E-state index in [1.807, 2.05) is 30.3 Å². The van der Waals surface area contributed by atoms with Crippen LogP contribution in [0.5, 0.6) is 0 Å². The molecule has 2 nitrogen and oxygen atoms in total. The summed E-state index contributed by atoms with van der Waals surface area (Å²) in [5.74, 6) is -0.299. The Labute approximate surface area is 127 Å². The van der Waals surface area contributed by atoms with Crippen molar-refractivity contribution in [3.8, 4) is 0 Å². The molecule has 106 valence electrons. The summed E-state index contributed by atoms with van der Waals surface area (Å²) < 4.78 is 14.2. The van der Waals surface area contributed by atoms with E-state index in [9.17, 15) is 4.39 Å². The molecule has 0 aliphatic rings. The third-order valence-corrected chi connectivity index (χ3v) is 3.77. The lowest BCUT2D eigenvalue weighted by atomic mass is 10.2. The first-order chi connectivity index (χ1) is 9.63. The summed E-state index contributed by atoms with van der Waals surface area (Å²) in [5, 5.41) is 0. The number of para-hydroxylation sites is 1. The van der Waals surface area contributed by atoms with Gasteiger partial charge >= 0.3 is 0 Å². The van der Waals surface area contributed by atoms with Gasteiger partial charge in [0.1, 0.15) is 5.82 Å². The van der Waals surface area contributed by atoms with E-state index in [1.54, 1.807) is 6.07 Å². The standard InChI is InChI=1S/C16H18BrFN2/c1-2-3-9-20(12-7-5-4-6-8-12)16-11-14(18)13(17)10-15(16)19/h4-8,10-11H,2-3,9,19H2,1H3. The van der Waals surface area contributed by atoms with Crippen molar-refractivity contribution in [1.29, 1.82) is 0 Å². The van der Waals surface area contributed by atoms with Gasteiger partial charge in [0.15, 0.2) is 0 Å². The minimum absolute atomic E-state index is 0.299. The van der Waals surface area contributed by atoms with E-state index < -0.39 is 0 Å². The molecule has 0 atom stereocenters. The van der Waals surface area contributed by atoms with Crippen LogP contribution in [0.3, 0.4) is 0 Å². The predicted octanol–water partition coefficient (Wildman–Crippen LogP) is 5.11. The fourth-order valence-electron chi connectivity index (χ4n) is 2.10. The van der Waals surface area contributed by atoms with Crippen molar-refractivity contribution in [2.24, 2.45) is 0 Å². The highest BCUT2D eigenvalue weighted by Crippen LogP contribution is 2.34. The van der Waals surface area contributed by atoms with Crippen LogP contribution in [0.1, 0.15) is 19.8 Å². The zero-order valence-electron chi connectivity index (χ0n) is 11.4. The molecule has 0 unspecified atom stereocenters. The molecular weight excluding hydrogens is 319 g/mol. The number of nitrogen functional groups attached to an aromatic ring is 1. The lowest BCUT2D eigenvalue weighted by molar-refractivity contribution is 0.621. The van der Waals surface area contributed by atoms with Crippen LogP contribution in [-0.2, 0) is 0 Å². The van der Waals surface area contributed by atoms with Gasteiger partial charge in [0.05, 0.1) is 15.8 Å². The van der Waals surface area contributed by atoms with E-state index >= 15 is 0 Å². The van der Waals surface area contributed by atoms with Crippen molar-refractivity contribution < 1.29 is 4.39 Å². The van der Waals surface area contributed by atoms with Crippen LogP contribution in [0.25, 0.3) is 0 Å². The lowest BCUT2D eigenvalue weighted by Gasteiger charge is -2.26. The maximum absolute atomic E-state index is 13.8. The first-order valence-corrected chi connectivity index (χ1v) is 7.50. The van der Waals surface area contributed by atoms with Crippen molar-refractivity contribution in [2.45, 2.75) is 19.8 Å². The molecule has 0 heterocycles. The predicted molar refractivity (Wildman–Crippen MR) is 86.9 cm³/mol. The summed E-state index contributed by atoms with van der Waals surface area (Å²) in [6.07, 6.45) is 2.09.